The second-order valence-corrected chi connectivity index (χ2v) is 5.34. The summed E-state index contributed by atoms with van der Waals surface area (Å²) in [6, 6.07) is 9.76. The fourth-order valence-corrected chi connectivity index (χ4v) is 2.12. The molecule has 0 heterocycles. The van der Waals surface area contributed by atoms with Crippen molar-refractivity contribution >= 4 is 29.1 Å². The third kappa shape index (κ3) is 4.53. The molecule has 23 heavy (non-hydrogen) atoms. The van der Waals surface area contributed by atoms with Gasteiger partial charge in [-0.3, -0.25) is 9.59 Å². The maximum absolute atomic E-state index is 12.9. The quantitative estimate of drug-likeness (QED) is 0.872. The Morgan fingerprint density at radius 1 is 1.09 bits per heavy atom. The van der Waals surface area contributed by atoms with Crippen LogP contribution in [0.3, 0.4) is 0 Å². The van der Waals surface area contributed by atoms with Crippen LogP contribution in [0.4, 0.5) is 10.1 Å². The number of hydrogen-bond acceptors (Lipinski definition) is 2. The molecule has 0 aliphatic carbocycles. The Bertz CT molecular complexity index is 717. The molecule has 0 bridgehead atoms. The summed E-state index contributed by atoms with van der Waals surface area (Å²) in [5, 5.41) is 5.78. The molecule has 0 saturated heterocycles. The molecule has 0 unspecified atom stereocenters. The molecule has 0 radical (unpaired) electrons. The molecule has 0 saturated carbocycles. The lowest BCUT2D eigenvalue weighted by molar-refractivity contribution is 0.0954. The monoisotopic (exact) mass is 334 g/mol. The predicted molar refractivity (Wildman–Crippen MR) is 88.4 cm³/mol. The van der Waals surface area contributed by atoms with E-state index in [9.17, 15) is 14.0 Å². The second kappa shape index (κ2) is 7.74. The van der Waals surface area contributed by atoms with Gasteiger partial charge in [0.1, 0.15) is 5.82 Å². The molecule has 2 amide bonds. The first kappa shape index (κ1) is 17.0. The first-order valence-electron chi connectivity index (χ1n) is 7.16. The first-order chi connectivity index (χ1) is 11.0. The van der Waals surface area contributed by atoms with Gasteiger partial charge in [0, 0.05) is 17.1 Å². The van der Waals surface area contributed by atoms with Gasteiger partial charge in [0.15, 0.2) is 0 Å². The molecule has 2 aromatic rings. The standard InChI is InChI=1S/C17H16ClFN2O2/c1-2-9-20-17(23)14-8-5-12(18)10-15(14)21-16(22)11-3-6-13(19)7-4-11/h3-8,10H,2,9H2,1H3,(H,20,23)(H,21,22). The van der Waals surface area contributed by atoms with Crippen LogP contribution >= 0.6 is 11.6 Å². The van der Waals surface area contributed by atoms with Crippen molar-refractivity contribution in [2.75, 3.05) is 11.9 Å². The van der Waals surface area contributed by atoms with E-state index in [4.69, 9.17) is 11.6 Å². The van der Waals surface area contributed by atoms with Gasteiger partial charge in [-0.15, -0.1) is 0 Å². The molecule has 0 aliphatic heterocycles. The molecule has 0 fully saturated rings. The summed E-state index contributed by atoms with van der Waals surface area (Å²) in [5.41, 5.74) is 0.907. The van der Waals surface area contributed by atoms with Crippen molar-refractivity contribution < 1.29 is 14.0 Å². The van der Waals surface area contributed by atoms with Gasteiger partial charge in [-0.2, -0.15) is 0 Å². The number of rotatable bonds is 5. The van der Waals surface area contributed by atoms with E-state index < -0.39 is 11.7 Å². The summed E-state index contributed by atoms with van der Waals surface area (Å²) >= 11 is 5.94. The number of amides is 2. The van der Waals surface area contributed by atoms with E-state index in [1.54, 1.807) is 12.1 Å². The van der Waals surface area contributed by atoms with Crippen molar-refractivity contribution in [1.82, 2.24) is 5.32 Å². The van der Waals surface area contributed by atoms with Gasteiger partial charge in [0.25, 0.3) is 11.8 Å². The Balaban J connectivity index is 2.24. The van der Waals surface area contributed by atoms with E-state index in [1.165, 1.54) is 30.3 Å². The average molecular weight is 335 g/mol. The number of hydrogen-bond donors (Lipinski definition) is 2. The third-order valence-electron chi connectivity index (χ3n) is 3.12. The molecule has 6 heteroatoms. The molecule has 0 aliphatic rings. The van der Waals surface area contributed by atoms with E-state index in [0.717, 1.165) is 6.42 Å². The highest BCUT2D eigenvalue weighted by Crippen LogP contribution is 2.22. The number of carbonyl (C=O) groups is 2. The Hall–Kier alpha value is -2.40. The molecule has 2 aromatic carbocycles. The van der Waals surface area contributed by atoms with Crippen molar-refractivity contribution in [1.29, 1.82) is 0 Å². The lowest BCUT2D eigenvalue weighted by Crippen LogP contribution is -2.25. The van der Waals surface area contributed by atoms with Crippen LogP contribution in [0.1, 0.15) is 34.1 Å². The maximum atomic E-state index is 12.9. The molecule has 2 rings (SSSR count). The minimum Gasteiger partial charge on any atom is -0.352 e. The van der Waals surface area contributed by atoms with E-state index in [2.05, 4.69) is 10.6 Å². The summed E-state index contributed by atoms with van der Waals surface area (Å²) in [6.07, 6.45) is 0.802. The average Bonchev–Trinajstić information content (AvgIpc) is 2.53. The summed E-state index contributed by atoms with van der Waals surface area (Å²) in [7, 11) is 0. The normalized spacial score (nSPS) is 10.2. The van der Waals surface area contributed by atoms with Gasteiger partial charge in [0.05, 0.1) is 11.3 Å². The van der Waals surface area contributed by atoms with Crippen molar-refractivity contribution in [3.8, 4) is 0 Å². The summed E-state index contributed by atoms with van der Waals surface area (Å²) in [5.74, 6) is -1.17. The molecule has 4 nitrogen and oxygen atoms in total. The first-order valence-corrected chi connectivity index (χ1v) is 7.53. The van der Waals surface area contributed by atoms with Crippen LogP contribution in [0.15, 0.2) is 42.5 Å². The minimum absolute atomic E-state index is 0.284. The fourth-order valence-electron chi connectivity index (χ4n) is 1.95. The lowest BCUT2D eigenvalue weighted by Gasteiger charge is -2.12. The Kier molecular flexibility index (Phi) is 5.71. The Labute approximate surface area is 138 Å². The van der Waals surface area contributed by atoms with Crippen LogP contribution in [-0.4, -0.2) is 18.4 Å². The zero-order valence-electron chi connectivity index (χ0n) is 12.5. The zero-order chi connectivity index (χ0) is 16.8. The highest BCUT2D eigenvalue weighted by atomic mass is 35.5. The highest BCUT2D eigenvalue weighted by molar-refractivity contribution is 6.31. The van der Waals surface area contributed by atoms with Crippen LogP contribution in [0, 0.1) is 5.82 Å². The number of anilines is 1. The van der Waals surface area contributed by atoms with E-state index >= 15 is 0 Å². The van der Waals surface area contributed by atoms with Crippen LogP contribution in [-0.2, 0) is 0 Å². The van der Waals surface area contributed by atoms with Crippen molar-refractivity contribution in [2.24, 2.45) is 0 Å². The molecule has 2 N–H and O–H groups in total. The van der Waals surface area contributed by atoms with Crippen molar-refractivity contribution in [3.05, 3.63) is 64.4 Å². The third-order valence-corrected chi connectivity index (χ3v) is 3.35. The van der Waals surface area contributed by atoms with Crippen LogP contribution in [0.5, 0.6) is 0 Å². The zero-order valence-corrected chi connectivity index (χ0v) is 13.3. The Morgan fingerprint density at radius 3 is 2.43 bits per heavy atom. The molecule has 120 valence electrons. The van der Waals surface area contributed by atoms with E-state index in [1.807, 2.05) is 6.92 Å². The predicted octanol–water partition coefficient (Wildman–Crippen LogP) is 3.87. The topological polar surface area (TPSA) is 58.2 Å². The fraction of sp³-hybridized carbons (Fsp3) is 0.176. The molecular formula is C17H16ClFN2O2. The van der Waals surface area contributed by atoms with Gasteiger partial charge in [-0.25, -0.2) is 4.39 Å². The van der Waals surface area contributed by atoms with Crippen molar-refractivity contribution in [2.45, 2.75) is 13.3 Å². The highest BCUT2D eigenvalue weighted by Gasteiger charge is 2.14. The summed E-state index contributed by atoms with van der Waals surface area (Å²) in [4.78, 5) is 24.4. The molecule has 0 spiro atoms. The second-order valence-electron chi connectivity index (χ2n) is 4.91. The van der Waals surface area contributed by atoms with Gasteiger partial charge in [-0.1, -0.05) is 18.5 Å². The molecular weight excluding hydrogens is 319 g/mol. The van der Waals surface area contributed by atoms with E-state index in [0.29, 0.717) is 22.8 Å². The van der Waals surface area contributed by atoms with E-state index in [-0.39, 0.29) is 11.5 Å². The molecule has 0 atom stereocenters. The Morgan fingerprint density at radius 2 is 1.78 bits per heavy atom. The summed E-state index contributed by atoms with van der Waals surface area (Å²) in [6.45, 7) is 2.48. The smallest absolute Gasteiger partial charge is 0.255 e. The van der Waals surface area contributed by atoms with Gasteiger partial charge >= 0.3 is 0 Å². The molecule has 0 aromatic heterocycles. The number of carbonyl (C=O) groups excluding carboxylic acids is 2. The number of nitrogens with one attached hydrogen (secondary N) is 2. The number of benzene rings is 2. The lowest BCUT2D eigenvalue weighted by atomic mass is 10.1. The van der Waals surface area contributed by atoms with Crippen LogP contribution < -0.4 is 10.6 Å². The summed E-state index contributed by atoms with van der Waals surface area (Å²) < 4.78 is 12.9. The minimum atomic E-state index is -0.447. The largest absolute Gasteiger partial charge is 0.352 e. The van der Waals surface area contributed by atoms with Crippen LogP contribution in [0.2, 0.25) is 5.02 Å². The van der Waals surface area contributed by atoms with Gasteiger partial charge in [0.2, 0.25) is 0 Å². The van der Waals surface area contributed by atoms with Crippen LogP contribution in [0.25, 0.3) is 0 Å². The maximum Gasteiger partial charge on any atom is 0.255 e. The number of halogens is 2. The van der Waals surface area contributed by atoms with Crippen molar-refractivity contribution in [3.63, 3.8) is 0 Å². The SMILES string of the molecule is CCCNC(=O)c1ccc(Cl)cc1NC(=O)c1ccc(F)cc1. The van der Waals surface area contributed by atoms with Gasteiger partial charge in [-0.05, 0) is 48.9 Å². The van der Waals surface area contributed by atoms with Gasteiger partial charge < -0.3 is 10.6 Å².